The molecule has 0 saturated carbocycles. The molecular formula is C19H24N4O3S. The quantitative estimate of drug-likeness (QED) is 0.838. The average Bonchev–Trinajstić information content (AvgIpc) is 3.25. The second-order valence-electron chi connectivity index (χ2n) is 7.12. The van der Waals surface area contributed by atoms with Crippen LogP contribution in [0.3, 0.4) is 0 Å². The van der Waals surface area contributed by atoms with Gasteiger partial charge in [0.25, 0.3) is 0 Å². The number of morpholine rings is 1. The molecule has 1 aromatic carbocycles. The van der Waals surface area contributed by atoms with Crippen LogP contribution < -0.4 is 10.2 Å². The summed E-state index contributed by atoms with van der Waals surface area (Å²) in [5, 5.41) is 3.67. The van der Waals surface area contributed by atoms with Gasteiger partial charge in [-0.3, -0.25) is 19.4 Å². The van der Waals surface area contributed by atoms with Crippen molar-refractivity contribution in [3.05, 3.63) is 23.8 Å². The average molecular weight is 388 g/mol. The highest BCUT2D eigenvalue weighted by atomic mass is 32.1. The third-order valence-electron chi connectivity index (χ3n) is 5.09. The SMILES string of the molecule is Cc1ccc2nc(N3CC(C(=O)NCCN4CCOCC4)CC3=O)sc2c1. The minimum absolute atomic E-state index is 0.0286. The Morgan fingerprint density at radius 2 is 2.19 bits per heavy atom. The maximum Gasteiger partial charge on any atom is 0.229 e. The summed E-state index contributed by atoms with van der Waals surface area (Å²) < 4.78 is 6.39. The molecule has 2 fully saturated rings. The number of carbonyl (C=O) groups is 2. The van der Waals surface area contributed by atoms with Gasteiger partial charge in [0, 0.05) is 39.1 Å². The van der Waals surface area contributed by atoms with E-state index in [-0.39, 0.29) is 24.2 Å². The highest BCUT2D eigenvalue weighted by Gasteiger charge is 2.36. The number of ether oxygens (including phenoxy) is 1. The number of thiazole rings is 1. The molecule has 7 nitrogen and oxygen atoms in total. The van der Waals surface area contributed by atoms with Gasteiger partial charge in [-0.1, -0.05) is 17.4 Å². The normalized spacial score (nSPS) is 21.1. The number of carbonyl (C=O) groups excluding carboxylic acids is 2. The van der Waals surface area contributed by atoms with Crippen LogP contribution in [0, 0.1) is 12.8 Å². The van der Waals surface area contributed by atoms with Gasteiger partial charge in [0.1, 0.15) is 0 Å². The summed E-state index contributed by atoms with van der Waals surface area (Å²) in [6, 6.07) is 6.07. The zero-order valence-electron chi connectivity index (χ0n) is 15.4. The van der Waals surface area contributed by atoms with Crippen molar-refractivity contribution in [3.8, 4) is 0 Å². The largest absolute Gasteiger partial charge is 0.379 e. The molecule has 2 aliphatic heterocycles. The Hall–Kier alpha value is -2.03. The number of rotatable bonds is 5. The summed E-state index contributed by atoms with van der Waals surface area (Å²) in [6.45, 7) is 7.17. The molecule has 144 valence electrons. The summed E-state index contributed by atoms with van der Waals surface area (Å²) in [7, 11) is 0. The van der Waals surface area contributed by atoms with E-state index in [2.05, 4.69) is 21.3 Å². The molecule has 27 heavy (non-hydrogen) atoms. The van der Waals surface area contributed by atoms with Gasteiger partial charge in [0.15, 0.2) is 5.13 Å². The Balaban J connectivity index is 1.34. The first-order chi connectivity index (χ1) is 13.1. The predicted octanol–water partition coefficient (Wildman–Crippen LogP) is 1.41. The highest BCUT2D eigenvalue weighted by molar-refractivity contribution is 7.22. The van der Waals surface area contributed by atoms with Crippen molar-refractivity contribution in [2.75, 3.05) is 50.8 Å². The molecule has 0 radical (unpaired) electrons. The molecule has 3 heterocycles. The van der Waals surface area contributed by atoms with Crippen LogP contribution >= 0.6 is 11.3 Å². The molecule has 2 amide bonds. The Morgan fingerprint density at radius 1 is 1.37 bits per heavy atom. The Kier molecular flexibility index (Phi) is 5.38. The molecule has 2 aliphatic rings. The van der Waals surface area contributed by atoms with Gasteiger partial charge in [-0.15, -0.1) is 0 Å². The zero-order chi connectivity index (χ0) is 18.8. The minimum atomic E-state index is -0.309. The fourth-order valence-electron chi connectivity index (χ4n) is 3.51. The molecule has 2 aromatic rings. The van der Waals surface area contributed by atoms with Gasteiger partial charge < -0.3 is 10.1 Å². The first kappa shape index (κ1) is 18.3. The molecule has 4 rings (SSSR count). The lowest BCUT2D eigenvalue weighted by molar-refractivity contribution is -0.126. The Morgan fingerprint density at radius 3 is 3.00 bits per heavy atom. The molecule has 8 heteroatoms. The number of nitrogens with zero attached hydrogens (tertiary/aromatic N) is 3. The minimum Gasteiger partial charge on any atom is -0.379 e. The second kappa shape index (κ2) is 7.92. The van der Waals surface area contributed by atoms with Crippen molar-refractivity contribution in [1.82, 2.24) is 15.2 Å². The van der Waals surface area contributed by atoms with Crippen molar-refractivity contribution >= 4 is 38.5 Å². The van der Waals surface area contributed by atoms with E-state index >= 15 is 0 Å². The Bertz CT molecular complexity index is 847. The number of aromatic nitrogens is 1. The molecule has 2 saturated heterocycles. The maximum atomic E-state index is 12.5. The van der Waals surface area contributed by atoms with Crippen molar-refractivity contribution in [3.63, 3.8) is 0 Å². The van der Waals surface area contributed by atoms with Crippen LogP contribution in [0.4, 0.5) is 5.13 Å². The van der Waals surface area contributed by atoms with E-state index in [4.69, 9.17) is 4.74 Å². The lowest BCUT2D eigenvalue weighted by Gasteiger charge is -2.26. The molecule has 1 aromatic heterocycles. The fourth-order valence-corrected chi connectivity index (χ4v) is 4.60. The van der Waals surface area contributed by atoms with Crippen molar-refractivity contribution < 1.29 is 14.3 Å². The van der Waals surface area contributed by atoms with Gasteiger partial charge in [-0.05, 0) is 24.6 Å². The number of fused-ring (bicyclic) bond motifs is 1. The number of aryl methyl sites for hydroxylation is 1. The van der Waals surface area contributed by atoms with Crippen molar-refractivity contribution in [2.24, 2.45) is 5.92 Å². The third kappa shape index (κ3) is 4.12. The van der Waals surface area contributed by atoms with Crippen LogP contribution in [0.2, 0.25) is 0 Å². The van der Waals surface area contributed by atoms with Gasteiger partial charge in [0.05, 0.1) is 29.3 Å². The van der Waals surface area contributed by atoms with Crippen LogP contribution in [0.25, 0.3) is 10.2 Å². The number of anilines is 1. The van der Waals surface area contributed by atoms with Gasteiger partial charge in [-0.25, -0.2) is 4.98 Å². The van der Waals surface area contributed by atoms with E-state index in [0.717, 1.165) is 43.1 Å². The van der Waals surface area contributed by atoms with Crippen LogP contribution in [0.15, 0.2) is 18.2 Å². The van der Waals surface area contributed by atoms with Gasteiger partial charge in [-0.2, -0.15) is 0 Å². The summed E-state index contributed by atoms with van der Waals surface area (Å²) in [6.07, 6.45) is 0.248. The molecule has 1 atom stereocenters. The van der Waals surface area contributed by atoms with E-state index in [1.54, 1.807) is 4.90 Å². The molecule has 0 spiro atoms. The predicted molar refractivity (Wildman–Crippen MR) is 105 cm³/mol. The summed E-state index contributed by atoms with van der Waals surface area (Å²) >= 11 is 1.51. The van der Waals surface area contributed by atoms with E-state index < -0.39 is 0 Å². The first-order valence-electron chi connectivity index (χ1n) is 9.35. The lowest BCUT2D eigenvalue weighted by Crippen LogP contribution is -2.42. The number of hydrogen-bond acceptors (Lipinski definition) is 6. The van der Waals surface area contributed by atoms with Crippen LogP contribution in [0.5, 0.6) is 0 Å². The fraction of sp³-hybridized carbons (Fsp3) is 0.526. The molecule has 1 N–H and O–H groups in total. The first-order valence-corrected chi connectivity index (χ1v) is 10.2. The third-order valence-corrected chi connectivity index (χ3v) is 6.13. The van der Waals surface area contributed by atoms with E-state index in [0.29, 0.717) is 18.2 Å². The molecule has 0 aliphatic carbocycles. The van der Waals surface area contributed by atoms with E-state index in [1.807, 2.05) is 19.1 Å². The van der Waals surface area contributed by atoms with Crippen LogP contribution in [0.1, 0.15) is 12.0 Å². The Labute approximate surface area is 162 Å². The van der Waals surface area contributed by atoms with E-state index in [1.165, 1.54) is 16.9 Å². The second-order valence-corrected chi connectivity index (χ2v) is 8.13. The summed E-state index contributed by atoms with van der Waals surface area (Å²) in [4.78, 5) is 33.4. The van der Waals surface area contributed by atoms with Crippen LogP contribution in [-0.2, 0) is 14.3 Å². The standard InChI is InChI=1S/C19H24N4O3S/c1-13-2-3-15-16(10-13)27-19(21-15)23-12-14(11-17(23)24)18(25)20-4-5-22-6-8-26-9-7-22/h2-3,10,14H,4-9,11-12H2,1H3,(H,20,25). The number of nitrogens with one attached hydrogen (secondary N) is 1. The number of hydrogen-bond donors (Lipinski definition) is 1. The molecule has 0 bridgehead atoms. The van der Waals surface area contributed by atoms with Crippen molar-refractivity contribution in [2.45, 2.75) is 13.3 Å². The number of amides is 2. The smallest absolute Gasteiger partial charge is 0.229 e. The summed E-state index contributed by atoms with van der Waals surface area (Å²) in [5.74, 6) is -0.383. The molecule has 1 unspecified atom stereocenters. The maximum absolute atomic E-state index is 12.5. The van der Waals surface area contributed by atoms with Gasteiger partial charge in [0.2, 0.25) is 11.8 Å². The summed E-state index contributed by atoms with van der Waals surface area (Å²) in [5.41, 5.74) is 2.06. The zero-order valence-corrected chi connectivity index (χ0v) is 16.3. The van der Waals surface area contributed by atoms with E-state index in [9.17, 15) is 9.59 Å². The van der Waals surface area contributed by atoms with Crippen molar-refractivity contribution in [1.29, 1.82) is 0 Å². The van der Waals surface area contributed by atoms with Crippen LogP contribution in [-0.4, -0.2) is 67.6 Å². The van der Waals surface area contributed by atoms with Gasteiger partial charge >= 0.3 is 0 Å². The number of benzene rings is 1. The monoisotopic (exact) mass is 388 g/mol. The molecular weight excluding hydrogens is 364 g/mol. The highest BCUT2D eigenvalue weighted by Crippen LogP contribution is 2.33. The lowest BCUT2D eigenvalue weighted by atomic mass is 10.1. The topological polar surface area (TPSA) is 74.8 Å².